The molecule has 116 valence electrons. The lowest BCUT2D eigenvalue weighted by atomic mass is 10.1. The smallest absolute Gasteiger partial charge is 0.321 e. The Bertz CT molecular complexity index is 830. The van der Waals surface area contributed by atoms with Crippen molar-refractivity contribution in [2.75, 3.05) is 18.4 Å². The molecule has 5 nitrogen and oxygen atoms in total. The highest BCUT2D eigenvalue weighted by atomic mass is 35.7. The average molecular weight is 339 g/mol. The summed E-state index contributed by atoms with van der Waals surface area (Å²) in [6, 6.07) is 9.80. The summed E-state index contributed by atoms with van der Waals surface area (Å²) in [5.41, 5.74) is 0.580. The SMILES string of the molecule is O=C(Nc1cccc2c(S(=O)(=O)Cl)cccc12)N1CCCC1. The van der Waals surface area contributed by atoms with Crippen molar-refractivity contribution in [1.82, 2.24) is 4.90 Å². The zero-order valence-corrected chi connectivity index (χ0v) is 13.3. The minimum absolute atomic E-state index is 0.0453. The molecule has 0 aliphatic carbocycles. The summed E-state index contributed by atoms with van der Waals surface area (Å²) < 4.78 is 23.3. The molecule has 0 radical (unpaired) electrons. The standard InChI is InChI=1S/C15H15ClN2O3S/c16-22(20,21)14-8-4-5-11-12(14)6-3-7-13(11)17-15(19)18-9-1-2-10-18/h3-8H,1-2,9-10H2,(H,17,19). The summed E-state index contributed by atoms with van der Waals surface area (Å²) in [4.78, 5) is 14.0. The fourth-order valence-corrected chi connectivity index (χ4v) is 3.80. The van der Waals surface area contributed by atoms with Crippen LogP contribution in [-0.4, -0.2) is 32.4 Å². The van der Waals surface area contributed by atoms with Gasteiger partial charge < -0.3 is 10.2 Å². The van der Waals surface area contributed by atoms with Gasteiger partial charge in [-0.1, -0.05) is 24.3 Å². The zero-order chi connectivity index (χ0) is 15.7. The Hall–Kier alpha value is -1.79. The number of halogens is 1. The van der Waals surface area contributed by atoms with Crippen LogP contribution < -0.4 is 5.32 Å². The number of benzene rings is 2. The lowest BCUT2D eigenvalue weighted by molar-refractivity contribution is 0.222. The van der Waals surface area contributed by atoms with E-state index in [0.717, 1.165) is 25.9 Å². The number of hydrogen-bond acceptors (Lipinski definition) is 3. The summed E-state index contributed by atoms with van der Waals surface area (Å²) in [5, 5.41) is 4.00. The molecule has 0 bridgehead atoms. The van der Waals surface area contributed by atoms with Crippen LogP contribution in [-0.2, 0) is 9.05 Å². The molecule has 2 amide bonds. The number of anilines is 1. The fourth-order valence-electron chi connectivity index (χ4n) is 2.72. The molecule has 2 aromatic rings. The molecule has 1 aliphatic rings. The maximum Gasteiger partial charge on any atom is 0.321 e. The van der Waals surface area contributed by atoms with E-state index in [1.807, 2.05) is 0 Å². The van der Waals surface area contributed by atoms with E-state index in [1.54, 1.807) is 35.2 Å². The largest absolute Gasteiger partial charge is 0.325 e. The van der Waals surface area contributed by atoms with Crippen molar-refractivity contribution in [3.8, 4) is 0 Å². The molecule has 1 saturated heterocycles. The number of urea groups is 1. The first kappa shape index (κ1) is 15.1. The first-order valence-corrected chi connectivity index (χ1v) is 9.30. The zero-order valence-electron chi connectivity index (χ0n) is 11.8. The van der Waals surface area contributed by atoms with Gasteiger partial charge in [-0.05, 0) is 25.0 Å². The van der Waals surface area contributed by atoms with Gasteiger partial charge in [-0.25, -0.2) is 13.2 Å². The number of rotatable bonds is 2. The van der Waals surface area contributed by atoms with Crippen LogP contribution in [0.1, 0.15) is 12.8 Å². The van der Waals surface area contributed by atoms with E-state index < -0.39 is 9.05 Å². The third kappa shape index (κ3) is 2.89. The van der Waals surface area contributed by atoms with Gasteiger partial charge in [0.1, 0.15) is 0 Å². The lowest BCUT2D eigenvalue weighted by Crippen LogP contribution is -2.32. The van der Waals surface area contributed by atoms with Crippen LogP contribution in [0.25, 0.3) is 10.8 Å². The monoisotopic (exact) mass is 338 g/mol. The number of fused-ring (bicyclic) bond motifs is 1. The molecule has 7 heteroatoms. The van der Waals surface area contributed by atoms with Crippen molar-refractivity contribution < 1.29 is 13.2 Å². The first-order chi connectivity index (χ1) is 10.5. The molecular weight excluding hydrogens is 324 g/mol. The molecule has 1 N–H and O–H groups in total. The molecule has 0 aromatic heterocycles. The number of carbonyl (C=O) groups excluding carboxylic acids is 1. The van der Waals surface area contributed by atoms with E-state index in [4.69, 9.17) is 10.7 Å². The van der Waals surface area contributed by atoms with E-state index in [2.05, 4.69) is 5.32 Å². The highest BCUT2D eigenvalue weighted by Crippen LogP contribution is 2.30. The quantitative estimate of drug-likeness (QED) is 0.853. The van der Waals surface area contributed by atoms with E-state index >= 15 is 0 Å². The Balaban J connectivity index is 2.02. The molecule has 0 spiro atoms. The summed E-state index contributed by atoms with van der Waals surface area (Å²) in [7, 11) is 1.63. The second kappa shape index (κ2) is 5.78. The van der Waals surface area contributed by atoms with Crippen molar-refractivity contribution in [2.45, 2.75) is 17.7 Å². The highest BCUT2D eigenvalue weighted by molar-refractivity contribution is 8.14. The van der Waals surface area contributed by atoms with Gasteiger partial charge in [0.15, 0.2) is 0 Å². The van der Waals surface area contributed by atoms with E-state index in [0.29, 0.717) is 16.5 Å². The van der Waals surface area contributed by atoms with Crippen molar-refractivity contribution in [1.29, 1.82) is 0 Å². The predicted molar refractivity (Wildman–Crippen MR) is 86.8 cm³/mol. The lowest BCUT2D eigenvalue weighted by Gasteiger charge is -2.17. The van der Waals surface area contributed by atoms with E-state index in [1.165, 1.54) is 6.07 Å². The van der Waals surface area contributed by atoms with Crippen molar-refractivity contribution in [3.63, 3.8) is 0 Å². The van der Waals surface area contributed by atoms with Gasteiger partial charge in [-0.15, -0.1) is 0 Å². The van der Waals surface area contributed by atoms with Gasteiger partial charge in [0.05, 0.1) is 10.6 Å². The van der Waals surface area contributed by atoms with Gasteiger partial charge in [0.25, 0.3) is 9.05 Å². The van der Waals surface area contributed by atoms with E-state index in [9.17, 15) is 13.2 Å². The Labute approximate surface area is 133 Å². The van der Waals surface area contributed by atoms with Crippen LogP contribution in [0.15, 0.2) is 41.3 Å². The second-order valence-electron chi connectivity index (χ2n) is 5.22. The molecule has 1 heterocycles. The normalized spacial score (nSPS) is 15.2. The Morgan fingerprint density at radius 2 is 1.68 bits per heavy atom. The number of amides is 2. The molecule has 1 fully saturated rings. The summed E-state index contributed by atoms with van der Waals surface area (Å²) in [5.74, 6) is 0. The first-order valence-electron chi connectivity index (χ1n) is 6.99. The summed E-state index contributed by atoms with van der Waals surface area (Å²) in [6.07, 6.45) is 2.02. The fraction of sp³-hybridized carbons (Fsp3) is 0.267. The molecule has 0 unspecified atom stereocenters. The van der Waals surface area contributed by atoms with Crippen LogP contribution in [0.2, 0.25) is 0 Å². The highest BCUT2D eigenvalue weighted by Gasteiger charge is 2.19. The van der Waals surface area contributed by atoms with Gasteiger partial charge in [-0.2, -0.15) is 0 Å². The number of hydrogen-bond donors (Lipinski definition) is 1. The van der Waals surface area contributed by atoms with Crippen molar-refractivity contribution in [2.24, 2.45) is 0 Å². The third-order valence-electron chi connectivity index (χ3n) is 3.78. The third-order valence-corrected chi connectivity index (χ3v) is 5.16. The predicted octanol–water partition coefficient (Wildman–Crippen LogP) is 3.40. The number of nitrogens with one attached hydrogen (secondary N) is 1. The minimum Gasteiger partial charge on any atom is -0.325 e. The summed E-state index contributed by atoms with van der Waals surface area (Å²) >= 11 is 0. The van der Waals surface area contributed by atoms with Crippen LogP contribution in [0, 0.1) is 0 Å². The molecule has 22 heavy (non-hydrogen) atoms. The van der Waals surface area contributed by atoms with Crippen molar-refractivity contribution in [3.05, 3.63) is 36.4 Å². The van der Waals surface area contributed by atoms with Crippen LogP contribution in [0.4, 0.5) is 10.5 Å². The maximum atomic E-state index is 12.2. The molecule has 1 aliphatic heterocycles. The van der Waals surface area contributed by atoms with Gasteiger partial charge in [-0.3, -0.25) is 0 Å². The Morgan fingerprint density at radius 1 is 1.05 bits per heavy atom. The topological polar surface area (TPSA) is 66.5 Å². The minimum atomic E-state index is -3.84. The van der Waals surface area contributed by atoms with Gasteiger partial charge in [0.2, 0.25) is 0 Å². The number of nitrogens with zero attached hydrogens (tertiary/aromatic N) is 1. The molecule has 3 rings (SSSR count). The van der Waals surface area contributed by atoms with Crippen molar-refractivity contribution >= 4 is 42.2 Å². The van der Waals surface area contributed by atoms with Gasteiger partial charge >= 0.3 is 6.03 Å². The van der Waals surface area contributed by atoms with E-state index in [-0.39, 0.29) is 10.9 Å². The Morgan fingerprint density at radius 3 is 2.36 bits per heavy atom. The average Bonchev–Trinajstić information content (AvgIpc) is 3.00. The van der Waals surface area contributed by atoms with Crippen LogP contribution in [0.5, 0.6) is 0 Å². The van der Waals surface area contributed by atoms with Crippen LogP contribution >= 0.6 is 10.7 Å². The Kier molecular flexibility index (Phi) is 3.97. The molecular formula is C15H15ClN2O3S. The summed E-state index contributed by atoms with van der Waals surface area (Å²) in [6.45, 7) is 1.50. The molecule has 0 atom stereocenters. The van der Waals surface area contributed by atoms with Gasteiger partial charge in [0, 0.05) is 34.5 Å². The second-order valence-corrected chi connectivity index (χ2v) is 7.75. The van der Waals surface area contributed by atoms with Crippen LogP contribution in [0.3, 0.4) is 0 Å². The molecule has 2 aromatic carbocycles. The number of carbonyl (C=O) groups is 1. The maximum absolute atomic E-state index is 12.2. The molecule has 0 saturated carbocycles. The number of likely N-dealkylation sites (tertiary alicyclic amines) is 1.